The zero-order valence-corrected chi connectivity index (χ0v) is 17.7. The fourth-order valence-electron chi connectivity index (χ4n) is 3.21. The summed E-state index contributed by atoms with van der Waals surface area (Å²) in [5, 5.41) is 10.3. The van der Waals surface area contributed by atoms with Gasteiger partial charge >= 0.3 is 5.97 Å². The number of hydrogen-bond acceptors (Lipinski definition) is 3. The Morgan fingerprint density at radius 2 is 1.59 bits per heavy atom. The highest BCUT2D eigenvalue weighted by Gasteiger charge is 2.22. The number of carbonyl (C=O) groups excluding carboxylic acids is 1. The first-order valence-electron chi connectivity index (χ1n) is 10.7. The van der Waals surface area contributed by atoms with Crippen LogP contribution in [0.4, 0.5) is 0 Å². The second kappa shape index (κ2) is 13.7. The topological polar surface area (TPSA) is 46.5 Å². The number of quaternary nitrogens is 1. The van der Waals surface area contributed by atoms with E-state index in [1.165, 1.54) is 38.5 Å². The maximum atomic E-state index is 12.1. The number of ether oxygens (including phenoxy) is 1. The van der Waals surface area contributed by atoms with Crippen molar-refractivity contribution >= 4 is 5.97 Å². The Kier molecular flexibility index (Phi) is 12.0. The van der Waals surface area contributed by atoms with E-state index in [0.29, 0.717) is 24.1 Å². The normalized spacial score (nSPS) is 12.7. The second-order valence-corrected chi connectivity index (χ2v) is 8.23. The Hall–Kier alpha value is -1.39. The molecule has 27 heavy (non-hydrogen) atoms. The molecular weight excluding hydrogens is 338 g/mol. The van der Waals surface area contributed by atoms with Crippen LogP contribution in [0.5, 0.6) is 0 Å². The van der Waals surface area contributed by atoms with Gasteiger partial charge in [0.1, 0.15) is 0 Å². The highest BCUT2D eigenvalue weighted by atomic mass is 16.5. The molecule has 0 heterocycles. The summed E-state index contributed by atoms with van der Waals surface area (Å²) >= 11 is 0. The molecule has 0 aliphatic rings. The fourth-order valence-corrected chi connectivity index (χ4v) is 3.21. The quantitative estimate of drug-likeness (QED) is 0.269. The summed E-state index contributed by atoms with van der Waals surface area (Å²) < 4.78 is 5.93. The summed E-state index contributed by atoms with van der Waals surface area (Å²) in [4.78, 5) is 12.1. The molecule has 0 bridgehead atoms. The summed E-state index contributed by atoms with van der Waals surface area (Å²) in [7, 11) is 4.02. The standard InChI is InChI=1S/C23H40NO3/c1-4-5-6-7-8-9-10-14-19-27-23(26)20-24(2,3)18-17-22(25)21-15-12-11-13-16-21/h11-13,15-16,22,25H,4-10,14,17-20H2,1-3H3/q+1. The third-order valence-corrected chi connectivity index (χ3v) is 5.01. The molecule has 0 radical (unpaired) electrons. The summed E-state index contributed by atoms with van der Waals surface area (Å²) in [6.07, 6.45) is 10.1. The molecule has 0 amide bonds. The first kappa shape index (κ1) is 23.6. The molecule has 1 N–H and O–H groups in total. The van der Waals surface area contributed by atoms with Crippen LogP contribution in [0.1, 0.15) is 76.4 Å². The monoisotopic (exact) mass is 378 g/mol. The third kappa shape index (κ3) is 11.8. The minimum Gasteiger partial charge on any atom is -0.462 e. The number of benzene rings is 1. The SMILES string of the molecule is CCCCCCCCCCOC(=O)C[N+](C)(C)CCC(O)c1ccccc1. The van der Waals surface area contributed by atoms with Gasteiger partial charge in [0.2, 0.25) is 0 Å². The number of carbonyl (C=O) groups is 1. The van der Waals surface area contributed by atoms with Gasteiger partial charge in [-0.3, -0.25) is 0 Å². The number of nitrogens with zero attached hydrogens (tertiary/aromatic N) is 1. The predicted octanol–water partition coefficient (Wildman–Crippen LogP) is 4.87. The lowest BCUT2D eigenvalue weighted by molar-refractivity contribution is -0.883. The van der Waals surface area contributed by atoms with E-state index in [4.69, 9.17) is 4.74 Å². The van der Waals surface area contributed by atoms with Gasteiger partial charge in [-0.05, 0) is 12.0 Å². The molecule has 0 aliphatic carbocycles. The van der Waals surface area contributed by atoms with E-state index in [1.807, 2.05) is 44.4 Å². The molecule has 0 aliphatic heterocycles. The summed E-state index contributed by atoms with van der Waals surface area (Å²) in [6, 6.07) is 9.67. The second-order valence-electron chi connectivity index (χ2n) is 8.23. The van der Waals surface area contributed by atoms with Crippen LogP contribution in [0.25, 0.3) is 0 Å². The van der Waals surface area contributed by atoms with E-state index >= 15 is 0 Å². The number of esters is 1. The first-order chi connectivity index (χ1) is 12.9. The molecule has 0 fully saturated rings. The van der Waals surface area contributed by atoms with Crippen molar-refractivity contribution in [2.24, 2.45) is 0 Å². The van der Waals surface area contributed by atoms with Crippen molar-refractivity contribution in [3.63, 3.8) is 0 Å². The van der Waals surface area contributed by atoms with Gasteiger partial charge < -0.3 is 14.3 Å². The van der Waals surface area contributed by atoms with Crippen LogP contribution in [0, 0.1) is 0 Å². The van der Waals surface area contributed by atoms with Gasteiger partial charge in [0, 0.05) is 6.42 Å². The van der Waals surface area contributed by atoms with E-state index in [2.05, 4.69) is 6.92 Å². The Balaban J connectivity index is 2.11. The predicted molar refractivity (Wildman–Crippen MR) is 111 cm³/mol. The van der Waals surface area contributed by atoms with E-state index in [9.17, 15) is 9.90 Å². The van der Waals surface area contributed by atoms with Crippen molar-refractivity contribution in [1.82, 2.24) is 0 Å². The highest BCUT2D eigenvalue weighted by Crippen LogP contribution is 2.17. The van der Waals surface area contributed by atoms with Crippen LogP contribution in [0.3, 0.4) is 0 Å². The van der Waals surface area contributed by atoms with E-state index in [0.717, 1.165) is 24.9 Å². The number of rotatable bonds is 15. The molecule has 0 saturated carbocycles. The Morgan fingerprint density at radius 3 is 2.22 bits per heavy atom. The van der Waals surface area contributed by atoms with Crippen molar-refractivity contribution in [2.75, 3.05) is 33.8 Å². The molecule has 1 unspecified atom stereocenters. The zero-order valence-electron chi connectivity index (χ0n) is 17.7. The van der Waals surface area contributed by atoms with Crippen molar-refractivity contribution in [3.8, 4) is 0 Å². The first-order valence-corrected chi connectivity index (χ1v) is 10.7. The highest BCUT2D eigenvalue weighted by molar-refractivity contribution is 5.70. The minimum atomic E-state index is -0.489. The van der Waals surface area contributed by atoms with Crippen LogP contribution in [-0.2, 0) is 9.53 Å². The third-order valence-electron chi connectivity index (χ3n) is 5.01. The van der Waals surface area contributed by atoms with E-state index < -0.39 is 6.10 Å². The van der Waals surface area contributed by atoms with E-state index in [1.54, 1.807) is 0 Å². The maximum Gasteiger partial charge on any atom is 0.361 e. The molecule has 4 nitrogen and oxygen atoms in total. The van der Waals surface area contributed by atoms with Crippen molar-refractivity contribution in [2.45, 2.75) is 70.8 Å². The molecular formula is C23H40NO3+. The lowest BCUT2D eigenvalue weighted by atomic mass is 10.1. The van der Waals surface area contributed by atoms with Gasteiger partial charge in [-0.15, -0.1) is 0 Å². The van der Waals surface area contributed by atoms with Gasteiger partial charge in [0.05, 0.1) is 33.4 Å². The van der Waals surface area contributed by atoms with Gasteiger partial charge in [-0.1, -0.05) is 82.2 Å². The lowest BCUT2D eigenvalue weighted by Crippen LogP contribution is -2.45. The van der Waals surface area contributed by atoms with E-state index in [-0.39, 0.29) is 5.97 Å². The number of aliphatic hydroxyl groups excluding tert-OH is 1. The smallest absolute Gasteiger partial charge is 0.361 e. The molecule has 0 saturated heterocycles. The molecule has 1 aromatic rings. The lowest BCUT2D eigenvalue weighted by Gasteiger charge is -2.29. The largest absolute Gasteiger partial charge is 0.462 e. The van der Waals surface area contributed by atoms with Crippen molar-refractivity contribution in [1.29, 1.82) is 0 Å². The van der Waals surface area contributed by atoms with Gasteiger partial charge in [0.25, 0.3) is 0 Å². The molecule has 154 valence electrons. The molecule has 0 aromatic heterocycles. The van der Waals surface area contributed by atoms with Crippen molar-refractivity contribution in [3.05, 3.63) is 35.9 Å². The Morgan fingerprint density at radius 1 is 1.00 bits per heavy atom. The van der Waals surface area contributed by atoms with Crippen LogP contribution in [-0.4, -0.2) is 49.4 Å². The van der Waals surface area contributed by atoms with Crippen molar-refractivity contribution < 1.29 is 19.1 Å². The summed E-state index contributed by atoms with van der Waals surface area (Å²) in [5.41, 5.74) is 0.926. The zero-order chi connectivity index (χ0) is 20.0. The summed E-state index contributed by atoms with van der Waals surface area (Å²) in [5.74, 6) is -0.142. The molecule has 1 atom stereocenters. The van der Waals surface area contributed by atoms with Crippen LogP contribution < -0.4 is 0 Å². The Labute approximate surface area is 166 Å². The summed E-state index contributed by atoms with van der Waals surface area (Å²) in [6.45, 7) is 3.83. The number of aliphatic hydroxyl groups is 1. The van der Waals surface area contributed by atoms with Gasteiger partial charge in [-0.25, -0.2) is 4.79 Å². The maximum absolute atomic E-state index is 12.1. The average Bonchev–Trinajstić information content (AvgIpc) is 2.65. The average molecular weight is 379 g/mol. The van der Waals surface area contributed by atoms with Crippen LogP contribution in [0.15, 0.2) is 30.3 Å². The van der Waals surface area contributed by atoms with Gasteiger partial charge in [0.15, 0.2) is 6.54 Å². The Bertz CT molecular complexity index is 502. The fraction of sp³-hybridized carbons (Fsp3) is 0.696. The minimum absolute atomic E-state index is 0.142. The molecule has 4 heteroatoms. The van der Waals surface area contributed by atoms with Crippen LogP contribution >= 0.6 is 0 Å². The van der Waals surface area contributed by atoms with Crippen LogP contribution in [0.2, 0.25) is 0 Å². The number of likely N-dealkylation sites (N-methyl/N-ethyl adjacent to an activating group) is 1. The number of unbranched alkanes of at least 4 members (excludes halogenated alkanes) is 7. The van der Waals surface area contributed by atoms with Gasteiger partial charge in [-0.2, -0.15) is 0 Å². The number of hydrogen-bond donors (Lipinski definition) is 1. The molecule has 1 rings (SSSR count). The molecule has 1 aromatic carbocycles. The molecule has 0 spiro atoms.